The first-order chi connectivity index (χ1) is 25.8. The Morgan fingerprint density at radius 3 is 1.58 bits per heavy atom. The van der Waals surface area contributed by atoms with Gasteiger partial charge in [0.15, 0.2) is 5.82 Å². The summed E-state index contributed by atoms with van der Waals surface area (Å²) < 4.78 is 4.68. The van der Waals surface area contributed by atoms with Crippen LogP contribution in [0, 0.1) is 0 Å². The minimum absolute atomic E-state index is 0.807. The Hall–Kier alpha value is -7.11. The molecule has 4 aromatic heterocycles. The van der Waals surface area contributed by atoms with E-state index < -0.39 is 0 Å². The SMILES string of the molecule is c1ccc(-c2nc3ccccc3nc2-n2c3ccccc3c3c4c5ccccc5n5c(-c6ccccc6)nc(-c6ccccc6)c5c4ccc32)cc1. The summed E-state index contributed by atoms with van der Waals surface area (Å²) in [6.45, 7) is 0. The second-order valence-electron chi connectivity index (χ2n) is 13.2. The lowest BCUT2D eigenvalue weighted by Gasteiger charge is -2.15. The number of aromatic nitrogens is 5. The van der Waals surface area contributed by atoms with Gasteiger partial charge in [0.2, 0.25) is 0 Å². The van der Waals surface area contributed by atoms with Crippen molar-refractivity contribution in [3.8, 4) is 39.7 Å². The van der Waals surface area contributed by atoms with E-state index >= 15 is 0 Å². The molecule has 0 amide bonds. The molecule has 0 radical (unpaired) electrons. The van der Waals surface area contributed by atoms with E-state index in [1.54, 1.807) is 0 Å². The number of nitrogens with zero attached hydrogens (tertiary/aromatic N) is 5. The summed E-state index contributed by atoms with van der Waals surface area (Å²) in [5.41, 5.74) is 11.1. The highest BCUT2D eigenvalue weighted by atomic mass is 15.1. The Kier molecular flexibility index (Phi) is 6.18. The summed E-state index contributed by atoms with van der Waals surface area (Å²) in [7, 11) is 0. The van der Waals surface area contributed by atoms with Gasteiger partial charge >= 0.3 is 0 Å². The van der Waals surface area contributed by atoms with E-state index in [4.69, 9.17) is 15.0 Å². The van der Waals surface area contributed by atoms with Crippen LogP contribution >= 0.6 is 0 Å². The maximum Gasteiger partial charge on any atom is 0.165 e. The molecule has 0 spiro atoms. The number of imidazole rings is 1. The van der Waals surface area contributed by atoms with E-state index in [1.807, 2.05) is 30.3 Å². The highest BCUT2D eigenvalue weighted by Crippen LogP contribution is 2.45. The Bertz CT molecular complexity index is 3160. The number of rotatable bonds is 4. The van der Waals surface area contributed by atoms with Crippen molar-refractivity contribution in [3.05, 3.63) is 176 Å². The van der Waals surface area contributed by atoms with E-state index in [1.165, 1.54) is 16.2 Å². The standard InChI is InChI=1S/C47H29N5/c1-4-16-30(17-5-1)43-45-35-28-29-40-42(41(35)33-22-10-15-27-39(33)52(45)46(50-43)32-20-8-3-9-21-32)34-23-11-14-26-38(34)51(40)47-44(31-18-6-2-7-19-31)48-36-24-12-13-25-37(36)49-47/h1-29H. The van der Waals surface area contributed by atoms with E-state index in [2.05, 4.69) is 155 Å². The number of hydrogen-bond donors (Lipinski definition) is 0. The van der Waals surface area contributed by atoms with Gasteiger partial charge in [-0.1, -0.05) is 146 Å². The normalized spacial score (nSPS) is 11.8. The number of para-hydroxylation sites is 4. The van der Waals surface area contributed by atoms with Crippen LogP contribution in [0.3, 0.4) is 0 Å². The van der Waals surface area contributed by atoms with Crippen LogP contribution in [0.5, 0.6) is 0 Å². The summed E-state index contributed by atoms with van der Waals surface area (Å²) in [5.74, 6) is 1.73. The molecule has 0 saturated carbocycles. The molecule has 0 bridgehead atoms. The molecule has 52 heavy (non-hydrogen) atoms. The Morgan fingerprint density at radius 2 is 0.885 bits per heavy atom. The van der Waals surface area contributed by atoms with E-state index in [0.29, 0.717) is 0 Å². The van der Waals surface area contributed by atoms with Gasteiger partial charge in [0, 0.05) is 43.6 Å². The molecular weight excluding hydrogens is 635 g/mol. The molecule has 5 nitrogen and oxygen atoms in total. The Balaban J connectivity index is 1.35. The molecule has 242 valence electrons. The predicted octanol–water partition coefficient (Wildman–Crippen LogP) is 11.7. The maximum absolute atomic E-state index is 5.44. The minimum atomic E-state index is 0.807. The summed E-state index contributed by atoms with van der Waals surface area (Å²) in [6, 6.07) is 61.6. The van der Waals surface area contributed by atoms with Crippen molar-refractivity contribution < 1.29 is 0 Å². The molecule has 4 heterocycles. The van der Waals surface area contributed by atoms with Crippen LogP contribution in [-0.4, -0.2) is 23.9 Å². The number of fused-ring (bicyclic) bond motifs is 11. The quantitative estimate of drug-likeness (QED) is 0.176. The first kappa shape index (κ1) is 28.7. The van der Waals surface area contributed by atoms with Crippen LogP contribution in [0.1, 0.15) is 0 Å². The highest BCUT2D eigenvalue weighted by molar-refractivity contribution is 6.31. The van der Waals surface area contributed by atoms with Gasteiger partial charge in [-0.25, -0.2) is 15.0 Å². The summed E-state index contributed by atoms with van der Waals surface area (Å²) in [4.78, 5) is 16.1. The van der Waals surface area contributed by atoms with Gasteiger partial charge in [-0.15, -0.1) is 0 Å². The predicted molar refractivity (Wildman–Crippen MR) is 214 cm³/mol. The van der Waals surface area contributed by atoms with Gasteiger partial charge in [0.05, 0.1) is 38.8 Å². The number of hydrogen-bond acceptors (Lipinski definition) is 3. The molecule has 7 aromatic carbocycles. The van der Waals surface area contributed by atoms with E-state index in [0.717, 1.165) is 83.6 Å². The first-order valence-corrected chi connectivity index (χ1v) is 17.6. The van der Waals surface area contributed by atoms with Gasteiger partial charge in [-0.2, -0.15) is 0 Å². The highest BCUT2D eigenvalue weighted by Gasteiger charge is 2.25. The lowest BCUT2D eigenvalue weighted by molar-refractivity contribution is 1.08. The zero-order valence-corrected chi connectivity index (χ0v) is 28.0. The Labute approximate surface area is 298 Å². The van der Waals surface area contributed by atoms with Crippen molar-refractivity contribution in [2.24, 2.45) is 0 Å². The molecule has 0 fully saturated rings. The fourth-order valence-electron chi connectivity index (χ4n) is 8.06. The average Bonchev–Trinajstić information content (AvgIpc) is 3.79. The molecule has 0 aliphatic carbocycles. The summed E-state index contributed by atoms with van der Waals surface area (Å²) in [5, 5.41) is 5.86. The molecular formula is C47H29N5. The van der Waals surface area contributed by atoms with Crippen molar-refractivity contribution in [3.63, 3.8) is 0 Å². The van der Waals surface area contributed by atoms with Crippen molar-refractivity contribution >= 4 is 60.0 Å². The van der Waals surface area contributed by atoms with Crippen molar-refractivity contribution in [2.75, 3.05) is 0 Å². The zero-order valence-electron chi connectivity index (χ0n) is 28.0. The largest absolute Gasteiger partial charge is 0.292 e. The number of benzene rings is 7. The Morgan fingerprint density at radius 1 is 0.346 bits per heavy atom. The lowest BCUT2D eigenvalue weighted by atomic mass is 9.97. The molecule has 0 unspecified atom stereocenters. The first-order valence-electron chi connectivity index (χ1n) is 17.6. The summed E-state index contributed by atoms with van der Waals surface area (Å²) >= 11 is 0. The van der Waals surface area contributed by atoms with Crippen LogP contribution in [0.2, 0.25) is 0 Å². The van der Waals surface area contributed by atoms with Gasteiger partial charge in [-0.3, -0.25) is 8.97 Å². The van der Waals surface area contributed by atoms with E-state index in [9.17, 15) is 0 Å². The molecule has 0 aliphatic rings. The van der Waals surface area contributed by atoms with Gasteiger partial charge < -0.3 is 0 Å². The van der Waals surface area contributed by atoms with Crippen molar-refractivity contribution in [1.29, 1.82) is 0 Å². The van der Waals surface area contributed by atoms with Crippen LogP contribution in [0.25, 0.3) is 99.8 Å². The van der Waals surface area contributed by atoms with Gasteiger partial charge in [0.1, 0.15) is 11.5 Å². The van der Waals surface area contributed by atoms with Crippen LogP contribution < -0.4 is 0 Å². The summed E-state index contributed by atoms with van der Waals surface area (Å²) in [6.07, 6.45) is 0. The van der Waals surface area contributed by atoms with Gasteiger partial charge in [-0.05, 0) is 30.3 Å². The second kappa shape index (κ2) is 11.2. The molecule has 11 rings (SSSR count). The molecule has 5 heteroatoms. The average molecular weight is 664 g/mol. The number of pyridine rings is 1. The third kappa shape index (κ3) is 4.14. The van der Waals surface area contributed by atoms with Crippen LogP contribution in [0.15, 0.2) is 176 Å². The molecule has 11 aromatic rings. The van der Waals surface area contributed by atoms with Crippen molar-refractivity contribution in [2.45, 2.75) is 0 Å². The minimum Gasteiger partial charge on any atom is -0.292 e. The molecule has 0 aliphatic heterocycles. The third-order valence-electron chi connectivity index (χ3n) is 10.3. The van der Waals surface area contributed by atoms with E-state index in [-0.39, 0.29) is 0 Å². The van der Waals surface area contributed by atoms with Crippen molar-refractivity contribution in [1.82, 2.24) is 23.9 Å². The fraction of sp³-hybridized carbons (Fsp3) is 0. The lowest BCUT2D eigenvalue weighted by Crippen LogP contribution is -2.03. The van der Waals surface area contributed by atoms with Crippen LogP contribution in [0.4, 0.5) is 0 Å². The fourth-order valence-corrected chi connectivity index (χ4v) is 8.06. The second-order valence-corrected chi connectivity index (χ2v) is 13.2. The maximum atomic E-state index is 5.44. The molecule has 0 atom stereocenters. The zero-order chi connectivity index (χ0) is 34.2. The molecule has 0 saturated heterocycles. The third-order valence-corrected chi connectivity index (χ3v) is 10.3. The molecule has 0 N–H and O–H groups in total. The monoisotopic (exact) mass is 663 g/mol. The smallest absolute Gasteiger partial charge is 0.165 e. The van der Waals surface area contributed by atoms with Crippen LogP contribution in [-0.2, 0) is 0 Å². The topological polar surface area (TPSA) is 48.0 Å². The van der Waals surface area contributed by atoms with Gasteiger partial charge in [0.25, 0.3) is 0 Å².